The van der Waals surface area contributed by atoms with E-state index in [-0.39, 0.29) is 0 Å². The summed E-state index contributed by atoms with van der Waals surface area (Å²) in [6.45, 7) is 2.79. The van der Waals surface area contributed by atoms with Gasteiger partial charge in [-0.25, -0.2) is 0 Å². The van der Waals surface area contributed by atoms with Gasteiger partial charge in [0.05, 0.1) is 0 Å². The van der Waals surface area contributed by atoms with Crippen LogP contribution in [0, 0.1) is 4.77 Å². The van der Waals surface area contributed by atoms with Gasteiger partial charge >= 0.3 is 0 Å². The van der Waals surface area contributed by atoms with Crippen LogP contribution in [-0.4, -0.2) is 14.8 Å². The van der Waals surface area contributed by atoms with Crippen molar-refractivity contribution in [3.05, 3.63) is 32.5 Å². The Morgan fingerprint density at radius 2 is 2.31 bits per heavy atom. The number of hydrogen-bond donors (Lipinski definition) is 1. The van der Waals surface area contributed by atoms with E-state index in [0.29, 0.717) is 9.79 Å². The number of aromatic nitrogens is 3. The fourth-order valence-corrected chi connectivity index (χ4v) is 2.34. The highest BCUT2D eigenvalue weighted by Gasteiger charge is 2.11. The van der Waals surface area contributed by atoms with Gasteiger partial charge in [0, 0.05) is 21.6 Å². The SMILES string of the molecule is CCn1c(-c2cc(Cl)ccc2Br)n[nH]c1=S. The van der Waals surface area contributed by atoms with E-state index in [1.165, 1.54) is 0 Å². The molecular weight excluding hydrogens is 310 g/mol. The summed E-state index contributed by atoms with van der Waals surface area (Å²) in [6.07, 6.45) is 0. The largest absolute Gasteiger partial charge is 0.300 e. The summed E-state index contributed by atoms with van der Waals surface area (Å²) in [6, 6.07) is 5.59. The average Bonchev–Trinajstić information content (AvgIpc) is 2.63. The first-order valence-corrected chi connectivity index (χ1v) is 6.32. The molecule has 84 valence electrons. The minimum absolute atomic E-state index is 0.615. The quantitative estimate of drug-likeness (QED) is 0.848. The van der Waals surface area contributed by atoms with Gasteiger partial charge < -0.3 is 4.57 Å². The first-order valence-electron chi connectivity index (χ1n) is 4.74. The van der Waals surface area contributed by atoms with Crippen LogP contribution < -0.4 is 0 Å². The minimum Gasteiger partial charge on any atom is -0.300 e. The molecule has 0 atom stereocenters. The van der Waals surface area contributed by atoms with Crippen molar-refractivity contribution in [2.24, 2.45) is 0 Å². The molecule has 1 N–H and O–H groups in total. The van der Waals surface area contributed by atoms with Crippen molar-refractivity contribution in [3.63, 3.8) is 0 Å². The average molecular weight is 319 g/mol. The number of aromatic amines is 1. The summed E-state index contributed by atoms with van der Waals surface area (Å²) in [5, 5.41) is 7.68. The second-order valence-corrected chi connectivity index (χ2v) is 4.90. The molecule has 16 heavy (non-hydrogen) atoms. The zero-order chi connectivity index (χ0) is 11.7. The van der Waals surface area contributed by atoms with Crippen LogP contribution >= 0.6 is 39.7 Å². The van der Waals surface area contributed by atoms with Crippen LogP contribution in [0.4, 0.5) is 0 Å². The maximum absolute atomic E-state index is 5.97. The number of halogens is 2. The van der Waals surface area contributed by atoms with Gasteiger partial charge in [-0.15, -0.1) is 0 Å². The van der Waals surface area contributed by atoms with E-state index < -0.39 is 0 Å². The Hall–Kier alpha value is -0.650. The number of benzene rings is 1. The van der Waals surface area contributed by atoms with Crippen molar-refractivity contribution >= 4 is 39.7 Å². The molecule has 0 aliphatic rings. The molecule has 1 heterocycles. The van der Waals surface area contributed by atoms with E-state index in [2.05, 4.69) is 26.1 Å². The highest BCUT2D eigenvalue weighted by molar-refractivity contribution is 9.10. The van der Waals surface area contributed by atoms with Gasteiger partial charge in [-0.2, -0.15) is 5.10 Å². The molecule has 6 heteroatoms. The molecule has 0 bridgehead atoms. The van der Waals surface area contributed by atoms with E-state index in [1.54, 1.807) is 0 Å². The molecule has 0 amide bonds. The van der Waals surface area contributed by atoms with E-state index in [9.17, 15) is 0 Å². The van der Waals surface area contributed by atoms with Crippen LogP contribution in [0.5, 0.6) is 0 Å². The molecular formula is C10H9BrClN3S. The summed E-state index contributed by atoms with van der Waals surface area (Å²) < 4.78 is 3.48. The van der Waals surface area contributed by atoms with Crippen molar-refractivity contribution < 1.29 is 0 Å². The van der Waals surface area contributed by atoms with Crippen molar-refractivity contribution in [3.8, 4) is 11.4 Å². The fourth-order valence-electron chi connectivity index (χ4n) is 1.49. The highest BCUT2D eigenvalue weighted by atomic mass is 79.9. The highest BCUT2D eigenvalue weighted by Crippen LogP contribution is 2.29. The van der Waals surface area contributed by atoms with Gasteiger partial charge in [0.2, 0.25) is 0 Å². The number of nitrogens with zero attached hydrogens (tertiary/aromatic N) is 2. The lowest BCUT2D eigenvalue weighted by molar-refractivity contribution is 0.755. The molecule has 0 aliphatic heterocycles. The smallest absolute Gasteiger partial charge is 0.195 e. The van der Waals surface area contributed by atoms with Gasteiger partial charge in [0.25, 0.3) is 0 Å². The molecule has 1 aromatic carbocycles. The van der Waals surface area contributed by atoms with E-state index in [0.717, 1.165) is 22.4 Å². The third-order valence-corrected chi connectivity index (χ3v) is 3.48. The Kier molecular flexibility index (Phi) is 3.47. The second kappa shape index (κ2) is 4.69. The van der Waals surface area contributed by atoms with Gasteiger partial charge in [0.1, 0.15) is 0 Å². The van der Waals surface area contributed by atoms with Crippen LogP contribution in [0.3, 0.4) is 0 Å². The Bertz CT molecular complexity index is 576. The molecule has 0 spiro atoms. The Morgan fingerprint density at radius 3 is 3.00 bits per heavy atom. The molecule has 0 saturated carbocycles. The molecule has 0 fully saturated rings. The normalized spacial score (nSPS) is 10.7. The Labute approximate surface area is 112 Å². The van der Waals surface area contributed by atoms with Gasteiger partial charge in [-0.1, -0.05) is 27.5 Å². The number of hydrogen-bond acceptors (Lipinski definition) is 2. The standard InChI is InChI=1S/C10H9BrClN3S/c1-2-15-9(13-14-10(15)16)7-5-6(12)3-4-8(7)11/h3-5H,2H2,1H3,(H,14,16). The van der Waals surface area contributed by atoms with Crippen molar-refractivity contribution in [1.29, 1.82) is 0 Å². The maximum atomic E-state index is 5.97. The lowest BCUT2D eigenvalue weighted by atomic mass is 10.2. The summed E-state index contributed by atoms with van der Waals surface area (Å²) in [7, 11) is 0. The Morgan fingerprint density at radius 1 is 1.56 bits per heavy atom. The van der Waals surface area contributed by atoms with Crippen molar-refractivity contribution in [2.45, 2.75) is 13.5 Å². The van der Waals surface area contributed by atoms with Crippen LogP contribution in [-0.2, 0) is 6.54 Å². The van der Waals surface area contributed by atoms with Crippen LogP contribution in [0.15, 0.2) is 22.7 Å². The zero-order valence-corrected chi connectivity index (χ0v) is 11.7. The third-order valence-electron chi connectivity index (χ3n) is 2.24. The molecule has 0 unspecified atom stereocenters. The predicted molar refractivity (Wildman–Crippen MR) is 71.2 cm³/mol. The number of H-pyrrole nitrogens is 1. The van der Waals surface area contributed by atoms with Crippen molar-refractivity contribution in [2.75, 3.05) is 0 Å². The number of rotatable bonds is 2. The van der Waals surface area contributed by atoms with Gasteiger partial charge in [-0.05, 0) is 37.3 Å². The van der Waals surface area contributed by atoms with Gasteiger partial charge in [-0.3, -0.25) is 5.10 Å². The molecule has 2 rings (SSSR count). The minimum atomic E-state index is 0.615. The van der Waals surface area contributed by atoms with E-state index in [4.69, 9.17) is 23.8 Å². The predicted octanol–water partition coefficient (Wildman–Crippen LogP) is 4.04. The molecule has 1 aromatic heterocycles. The fraction of sp³-hybridized carbons (Fsp3) is 0.200. The molecule has 0 aliphatic carbocycles. The van der Waals surface area contributed by atoms with E-state index in [1.807, 2.05) is 29.7 Å². The van der Waals surface area contributed by atoms with Crippen molar-refractivity contribution in [1.82, 2.24) is 14.8 Å². The third kappa shape index (κ3) is 2.07. The van der Waals surface area contributed by atoms with E-state index >= 15 is 0 Å². The number of nitrogens with one attached hydrogen (secondary N) is 1. The summed E-state index contributed by atoms with van der Waals surface area (Å²) >= 11 is 14.6. The van der Waals surface area contributed by atoms with Gasteiger partial charge in [0.15, 0.2) is 10.6 Å². The summed E-state index contributed by atoms with van der Waals surface area (Å²) in [5.41, 5.74) is 0.932. The summed E-state index contributed by atoms with van der Waals surface area (Å²) in [4.78, 5) is 0. The molecule has 0 saturated heterocycles. The maximum Gasteiger partial charge on any atom is 0.195 e. The first kappa shape index (κ1) is 11.8. The molecule has 2 aromatic rings. The lowest BCUT2D eigenvalue weighted by Crippen LogP contribution is -1.98. The first-order chi connectivity index (χ1) is 7.63. The van der Waals surface area contributed by atoms with Crippen LogP contribution in [0.2, 0.25) is 5.02 Å². The zero-order valence-electron chi connectivity index (χ0n) is 8.50. The molecule has 3 nitrogen and oxygen atoms in total. The monoisotopic (exact) mass is 317 g/mol. The van der Waals surface area contributed by atoms with Crippen LogP contribution in [0.1, 0.15) is 6.92 Å². The molecule has 0 radical (unpaired) electrons. The second-order valence-electron chi connectivity index (χ2n) is 3.22. The Balaban J connectivity index is 2.67. The van der Waals surface area contributed by atoms with Crippen LogP contribution in [0.25, 0.3) is 11.4 Å². The summed E-state index contributed by atoms with van der Waals surface area (Å²) in [5.74, 6) is 0.793. The lowest BCUT2D eigenvalue weighted by Gasteiger charge is -2.06. The topological polar surface area (TPSA) is 33.6 Å².